The Balaban J connectivity index is 3.10. The number of methoxy groups -OCH3 is 1. The van der Waals surface area contributed by atoms with Gasteiger partial charge in [-0.05, 0) is 20.8 Å². The van der Waals surface area contributed by atoms with Crippen molar-refractivity contribution in [3.05, 3.63) is 11.3 Å². The number of aromatic nitrogens is 2. The van der Waals surface area contributed by atoms with Crippen molar-refractivity contribution in [2.24, 2.45) is 7.05 Å². The van der Waals surface area contributed by atoms with Crippen LogP contribution >= 0.6 is 11.6 Å². The van der Waals surface area contributed by atoms with E-state index >= 15 is 0 Å². The first-order chi connectivity index (χ1) is 8.06. The van der Waals surface area contributed by atoms with Gasteiger partial charge in [0.25, 0.3) is 0 Å². The molecule has 0 amide bonds. The summed E-state index contributed by atoms with van der Waals surface area (Å²) < 4.78 is 7.13. The highest BCUT2D eigenvalue weighted by Crippen LogP contribution is 2.26. The first-order valence-corrected chi connectivity index (χ1v) is 6.44. The van der Waals surface area contributed by atoms with Crippen molar-refractivity contribution in [3.63, 3.8) is 0 Å². The normalized spacial score (nSPS) is 12.8. The Bertz CT molecular complexity index is 365. The summed E-state index contributed by atoms with van der Waals surface area (Å²) in [5.74, 6) is 1.59. The predicted molar refractivity (Wildman–Crippen MR) is 71.9 cm³/mol. The van der Waals surface area contributed by atoms with Gasteiger partial charge in [-0.15, -0.1) is 11.6 Å². The highest BCUT2D eigenvalue weighted by molar-refractivity contribution is 6.17. The molecule has 17 heavy (non-hydrogen) atoms. The van der Waals surface area contributed by atoms with Crippen molar-refractivity contribution in [2.75, 3.05) is 25.2 Å². The lowest BCUT2D eigenvalue weighted by atomic mass is 10.2. The van der Waals surface area contributed by atoms with Gasteiger partial charge in [0.05, 0.1) is 24.2 Å². The molecule has 1 unspecified atom stereocenters. The maximum atomic E-state index is 6.02. The minimum Gasteiger partial charge on any atom is -0.383 e. The Kier molecular flexibility index (Phi) is 5.28. The zero-order valence-corrected chi connectivity index (χ0v) is 12.1. The van der Waals surface area contributed by atoms with E-state index in [1.807, 2.05) is 18.7 Å². The Morgan fingerprint density at radius 1 is 1.53 bits per heavy atom. The lowest BCUT2D eigenvalue weighted by Crippen LogP contribution is -2.38. The van der Waals surface area contributed by atoms with E-state index in [-0.39, 0.29) is 0 Å². The third-order valence-corrected chi connectivity index (χ3v) is 3.27. The number of hydrogen-bond donors (Lipinski definition) is 0. The Labute approximate surface area is 108 Å². The van der Waals surface area contributed by atoms with Crippen LogP contribution in [-0.2, 0) is 17.7 Å². The van der Waals surface area contributed by atoms with Crippen LogP contribution in [0, 0.1) is 6.92 Å². The van der Waals surface area contributed by atoms with Gasteiger partial charge in [0, 0.05) is 26.3 Å². The van der Waals surface area contributed by atoms with E-state index in [1.165, 1.54) is 0 Å². The van der Waals surface area contributed by atoms with Crippen LogP contribution in [0.15, 0.2) is 0 Å². The number of hydrogen-bond acceptors (Lipinski definition) is 3. The Hall–Kier alpha value is -0.740. The van der Waals surface area contributed by atoms with Gasteiger partial charge in [0.1, 0.15) is 5.82 Å². The summed E-state index contributed by atoms with van der Waals surface area (Å²) in [6.45, 7) is 7.88. The molecule has 0 fully saturated rings. The molecule has 0 aromatic carbocycles. The molecule has 1 rings (SSSR count). The van der Waals surface area contributed by atoms with Crippen LogP contribution in [0.3, 0.4) is 0 Å². The van der Waals surface area contributed by atoms with Crippen LogP contribution in [0.2, 0.25) is 0 Å². The van der Waals surface area contributed by atoms with Gasteiger partial charge in [0.2, 0.25) is 0 Å². The van der Waals surface area contributed by atoms with Crippen molar-refractivity contribution in [1.82, 2.24) is 9.78 Å². The molecule has 0 bridgehead atoms. The molecule has 5 heteroatoms. The molecule has 0 aliphatic carbocycles. The average Bonchev–Trinajstić information content (AvgIpc) is 2.55. The fourth-order valence-electron chi connectivity index (χ4n) is 2.21. The van der Waals surface area contributed by atoms with Gasteiger partial charge in [-0.2, -0.15) is 5.10 Å². The van der Waals surface area contributed by atoms with E-state index in [0.29, 0.717) is 18.5 Å². The standard InChI is InChI=1S/C12H22ClN3O/c1-6-16(9(2)8-17-5)12-11(7-13)10(3)14-15(12)4/h9H,6-8H2,1-5H3. The number of alkyl halides is 1. The first-order valence-electron chi connectivity index (χ1n) is 5.90. The van der Waals surface area contributed by atoms with Crippen LogP contribution < -0.4 is 4.90 Å². The molecule has 1 heterocycles. The molecule has 1 aromatic rings. The summed E-state index contributed by atoms with van der Waals surface area (Å²) in [4.78, 5) is 2.28. The fourth-order valence-corrected chi connectivity index (χ4v) is 2.52. The van der Waals surface area contributed by atoms with E-state index in [4.69, 9.17) is 16.3 Å². The highest BCUT2D eigenvalue weighted by atomic mass is 35.5. The van der Waals surface area contributed by atoms with Crippen molar-refractivity contribution >= 4 is 17.4 Å². The summed E-state index contributed by atoms with van der Waals surface area (Å²) >= 11 is 6.02. The molecule has 1 atom stereocenters. The van der Waals surface area contributed by atoms with E-state index in [2.05, 4.69) is 23.8 Å². The number of rotatable bonds is 6. The van der Waals surface area contributed by atoms with Crippen molar-refractivity contribution < 1.29 is 4.74 Å². The molecule has 0 radical (unpaired) electrons. The zero-order valence-electron chi connectivity index (χ0n) is 11.3. The number of nitrogens with zero attached hydrogens (tertiary/aromatic N) is 3. The van der Waals surface area contributed by atoms with Crippen LogP contribution in [0.4, 0.5) is 5.82 Å². The SMILES string of the molecule is CCN(c1c(CCl)c(C)nn1C)C(C)COC. The van der Waals surface area contributed by atoms with Crippen molar-refractivity contribution in [1.29, 1.82) is 0 Å². The number of halogens is 1. The van der Waals surface area contributed by atoms with Gasteiger partial charge in [0.15, 0.2) is 0 Å². The zero-order chi connectivity index (χ0) is 13.0. The van der Waals surface area contributed by atoms with Gasteiger partial charge >= 0.3 is 0 Å². The van der Waals surface area contributed by atoms with Crippen molar-refractivity contribution in [3.8, 4) is 0 Å². The molecular formula is C12H22ClN3O. The van der Waals surface area contributed by atoms with E-state index in [0.717, 1.165) is 23.6 Å². The number of aryl methyl sites for hydroxylation is 2. The quantitative estimate of drug-likeness (QED) is 0.735. The Morgan fingerprint density at radius 3 is 2.65 bits per heavy atom. The molecule has 98 valence electrons. The van der Waals surface area contributed by atoms with Gasteiger partial charge in [-0.3, -0.25) is 4.68 Å². The second kappa shape index (κ2) is 6.26. The molecule has 0 N–H and O–H groups in total. The van der Waals surface area contributed by atoms with E-state index < -0.39 is 0 Å². The molecule has 0 aliphatic rings. The molecule has 0 aliphatic heterocycles. The molecular weight excluding hydrogens is 238 g/mol. The number of likely N-dealkylation sites (N-methyl/N-ethyl adjacent to an activating group) is 1. The summed E-state index contributed by atoms with van der Waals surface area (Å²) in [6, 6.07) is 0.307. The predicted octanol–water partition coefficient (Wildman–Crippen LogP) is 2.33. The second-order valence-corrected chi connectivity index (χ2v) is 4.50. The van der Waals surface area contributed by atoms with Gasteiger partial charge < -0.3 is 9.64 Å². The van der Waals surface area contributed by atoms with E-state index in [1.54, 1.807) is 7.11 Å². The van der Waals surface area contributed by atoms with Crippen LogP contribution in [0.25, 0.3) is 0 Å². The monoisotopic (exact) mass is 259 g/mol. The number of anilines is 1. The summed E-state index contributed by atoms with van der Waals surface area (Å²) in [6.07, 6.45) is 0. The van der Waals surface area contributed by atoms with Crippen LogP contribution in [0.5, 0.6) is 0 Å². The number of ether oxygens (including phenoxy) is 1. The third kappa shape index (κ3) is 2.93. The highest BCUT2D eigenvalue weighted by Gasteiger charge is 2.21. The summed E-state index contributed by atoms with van der Waals surface area (Å²) in [5, 5.41) is 4.44. The molecule has 0 saturated heterocycles. The smallest absolute Gasteiger partial charge is 0.131 e. The lowest BCUT2D eigenvalue weighted by molar-refractivity contribution is 0.181. The average molecular weight is 260 g/mol. The molecule has 0 spiro atoms. The molecule has 4 nitrogen and oxygen atoms in total. The third-order valence-electron chi connectivity index (χ3n) is 3.00. The minimum atomic E-state index is 0.307. The fraction of sp³-hybridized carbons (Fsp3) is 0.750. The minimum absolute atomic E-state index is 0.307. The van der Waals surface area contributed by atoms with Gasteiger partial charge in [-0.25, -0.2) is 0 Å². The largest absolute Gasteiger partial charge is 0.383 e. The first kappa shape index (κ1) is 14.3. The van der Waals surface area contributed by atoms with E-state index in [9.17, 15) is 0 Å². The van der Waals surface area contributed by atoms with Crippen LogP contribution in [-0.4, -0.2) is 36.1 Å². The maximum absolute atomic E-state index is 6.02. The molecule has 1 aromatic heterocycles. The maximum Gasteiger partial charge on any atom is 0.131 e. The topological polar surface area (TPSA) is 30.3 Å². The lowest BCUT2D eigenvalue weighted by Gasteiger charge is -2.30. The second-order valence-electron chi connectivity index (χ2n) is 4.24. The summed E-state index contributed by atoms with van der Waals surface area (Å²) in [7, 11) is 3.68. The Morgan fingerprint density at radius 2 is 2.18 bits per heavy atom. The van der Waals surface area contributed by atoms with Crippen molar-refractivity contribution in [2.45, 2.75) is 32.7 Å². The molecule has 0 saturated carbocycles. The summed E-state index contributed by atoms with van der Waals surface area (Å²) in [5.41, 5.74) is 2.11. The van der Waals surface area contributed by atoms with Gasteiger partial charge in [-0.1, -0.05) is 0 Å². The van der Waals surface area contributed by atoms with Crippen LogP contribution in [0.1, 0.15) is 25.1 Å².